The van der Waals surface area contributed by atoms with E-state index in [1.54, 1.807) is 23.1 Å². The highest BCUT2D eigenvalue weighted by molar-refractivity contribution is 7.89. The monoisotopic (exact) mass is 297 g/mol. The maximum atomic E-state index is 12.3. The molecule has 0 spiro atoms. The summed E-state index contributed by atoms with van der Waals surface area (Å²) in [4.78, 5) is 14.0. The van der Waals surface area contributed by atoms with Crippen molar-refractivity contribution in [1.82, 2.24) is 14.5 Å². The molecule has 1 aliphatic heterocycles. The van der Waals surface area contributed by atoms with E-state index in [4.69, 9.17) is 0 Å². The maximum Gasteiger partial charge on any atom is 0.243 e. The van der Waals surface area contributed by atoms with E-state index in [1.165, 1.54) is 19.2 Å². The van der Waals surface area contributed by atoms with Gasteiger partial charge >= 0.3 is 0 Å². The first-order valence-electron chi connectivity index (χ1n) is 6.52. The molecule has 0 unspecified atom stereocenters. The van der Waals surface area contributed by atoms with Crippen LogP contribution in [0.25, 0.3) is 0 Å². The molecule has 1 aliphatic rings. The summed E-state index contributed by atoms with van der Waals surface area (Å²) in [5.74, 6) is -0.159. The van der Waals surface area contributed by atoms with E-state index in [-0.39, 0.29) is 17.3 Å². The van der Waals surface area contributed by atoms with E-state index in [0.29, 0.717) is 13.1 Å². The standard InChI is InChI=1S/C13H19N3O3S/c1-15(11-13(17)16-9-7-14-8-10-16)20(18,19)12-5-3-2-4-6-12/h2-6,14H,7-11H2,1H3. The van der Waals surface area contributed by atoms with Crippen molar-refractivity contribution in [3.63, 3.8) is 0 Å². The first-order valence-corrected chi connectivity index (χ1v) is 7.96. The van der Waals surface area contributed by atoms with E-state index >= 15 is 0 Å². The van der Waals surface area contributed by atoms with Gasteiger partial charge in [0, 0.05) is 33.2 Å². The molecule has 0 aromatic heterocycles. The summed E-state index contributed by atoms with van der Waals surface area (Å²) in [6, 6.07) is 8.14. The predicted octanol–water partition coefficient (Wildman–Crippen LogP) is -0.261. The third-order valence-corrected chi connectivity index (χ3v) is 5.10. The lowest BCUT2D eigenvalue weighted by Gasteiger charge is -2.29. The Kier molecular flexibility index (Phi) is 4.74. The summed E-state index contributed by atoms with van der Waals surface area (Å²) in [7, 11) is -2.17. The fourth-order valence-electron chi connectivity index (χ4n) is 2.06. The highest BCUT2D eigenvalue weighted by atomic mass is 32.2. The van der Waals surface area contributed by atoms with Crippen molar-refractivity contribution in [3.8, 4) is 0 Å². The van der Waals surface area contributed by atoms with Crippen LogP contribution in [-0.4, -0.2) is 63.3 Å². The van der Waals surface area contributed by atoms with Gasteiger partial charge in [-0.25, -0.2) is 8.42 Å². The molecular weight excluding hydrogens is 278 g/mol. The minimum Gasteiger partial charge on any atom is -0.339 e. The van der Waals surface area contributed by atoms with Crippen LogP contribution in [0.2, 0.25) is 0 Å². The number of rotatable bonds is 4. The Labute approximate surface area is 119 Å². The van der Waals surface area contributed by atoms with Gasteiger partial charge in [-0.1, -0.05) is 18.2 Å². The molecule has 1 saturated heterocycles. The van der Waals surface area contributed by atoms with Crippen LogP contribution in [0.1, 0.15) is 0 Å². The number of hydrogen-bond acceptors (Lipinski definition) is 4. The highest BCUT2D eigenvalue weighted by Crippen LogP contribution is 2.13. The number of sulfonamides is 1. The van der Waals surface area contributed by atoms with Crippen molar-refractivity contribution in [2.45, 2.75) is 4.90 Å². The SMILES string of the molecule is CN(CC(=O)N1CCNCC1)S(=O)(=O)c1ccccc1. The van der Waals surface area contributed by atoms with Gasteiger partial charge in [0.15, 0.2) is 0 Å². The molecule has 0 saturated carbocycles. The summed E-state index contributed by atoms with van der Waals surface area (Å²) >= 11 is 0. The molecule has 0 bridgehead atoms. The average Bonchev–Trinajstić information content (AvgIpc) is 2.49. The van der Waals surface area contributed by atoms with Crippen molar-refractivity contribution < 1.29 is 13.2 Å². The molecule has 1 heterocycles. The largest absolute Gasteiger partial charge is 0.339 e. The number of benzene rings is 1. The van der Waals surface area contributed by atoms with Crippen LogP contribution in [0.5, 0.6) is 0 Å². The summed E-state index contributed by atoms with van der Waals surface area (Å²) < 4.78 is 25.7. The molecule has 1 amide bonds. The number of hydrogen-bond donors (Lipinski definition) is 1. The van der Waals surface area contributed by atoms with Crippen LogP contribution in [0, 0.1) is 0 Å². The van der Waals surface area contributed by atoms with Gasteiger partial charge < -0.3 is 10.2 Å². The van der Waals surface area contributed by atoms with Gasteiger partial charge in [0.05, 0.1) is 11.4 Å². The van der Waals surface area contributed by atoms with Crippen molar-refractivity contribution in [1.29, 1.82) is 0 Å². The molecule has 110 valence electrons. The molecular formula is C13H19N3O3S. The van der Waals surface area contributed by atoms with Gasteiger partial charge in [-0.05, 0) is 12.1 Å². The molecule has 0 aliphatic carbocycles. The Bertz CT molecular complexity index is 553. The number of amides is 1. The van der Waals surface area contributed by atoms with Crippen molar-refractivity contribution in [2.24, 2.45) is 0 Å². The van der Waals surface area contributed by atoms with E-state index in [2.05, 4.69) is 5.32 Å². The third-order valence-electron chi connectivity index (χ3n) is 3.28. The number of nitrogens with zero attached hydrogens (tertiary/aromatic N) is 2. The molecule has 6 nitrogen and oxygen atoms in total. The zero-order valence-electron chi connectivity index (χ0n) is 11.4. The van der Waals surface area contributed by atoms with E-state index < -0.39 is 10.0 Å². The second kappa shape index (κ2) is 6.34. The molecule has 1 aromatic rings. The molecule has 2 rings (SSSR count). The number of nitrogens with one attached hydrogen (secondary N) is 1. The third kappa shape index (κ3) is 3.36. The normalized spacial score (nSPS) is 16.4. The molecule has 20 heavy (non-hydrogen) atoms. The minimum absolute atomic E-state index is 0.128. The summed E-state index contributed by atoms with van der Waals surface area (Å²) in [5.41, 5.74) is 0. The highest BCUT2D eigenvalue weighted by Gasteiger charge is 2.25. The maximum absolute atomic E-state index is 12.3. The number of likely N-dealkylation sites (N-methyl/N-ethyl adjacent to an activating group) is 1. The first kappa shape index (κ1) is 15.0. The lowest BCUT2D eigenvalue weighted by Crippen LogP contribution is -2.49. The van der Waals surface area contributed by atoms with E-state index in [0.717, 1.165) is 17.4 Å². The minimum atomic E-state index is -3.60. The fraction of sp³-hybridized carbons (Fsp3) is 0.462. The van der Waals surface area contributed by atoms with Crippen LogP contribution >= 0.6 is 0 Å². The lowest BCUT2D eigenvalue weighted by molar-refractivity contribution is -0.131. The quantitative estimate of drug-likeness (QED) is 0.831. The van der Waals surface area contributed by atoms with E-state index in [9.17, 15) is 13.2 Å². The molecule has 1 fully saturated rings. The Morgan fingerprint density at radius 2 is 1.85 bits per heavy atom. The summed E-state index contributed by atoms with van der Waals surface area (Å²) in [6.07, 6.45) is 0. The van der Waals surface area contributed by atoms with Crippen LogP contribution in [0.3, 0.4) is 0 Å². The van der Waals surface area contributed by atoms with Crippen molar-refractivity contribution in [3.05, 3.63) is 30.3 Å². The second-order valence-corrected chi connectivity index (χ2v) is 6.75. The van der Waals surface area contributed by atoms with Crippen LogP contribution in [0.4, 0.5) is 0 Å². The van der Waals surface area contributed by atoms with Crippen LogP contribution in [0.15, 0.2) is 35.2 Å². The molecule has 1 N–H and O–H groups in total. The first-order chi connectivity index (χ1) is 9.51. The van der Waals surface area contributed by atoms with Gasteiger partial charge in [-0.15, -0.1) is 0 Å². The van der Waals surface area contributed by atoms with Gasteiger partial charge in [0.25, 0.3) is 0 Å². The lowest BCUT2D eigenvalue weighted by atomic mass is 10.3. The number of piperazine rings is 1. The fourth-order valence-corrected chi connectivity index (χ4v) is 3.20. The Morgan fingerprint density at radius 3 is 2.45 bits per heavy atom. The van der Waals surface area contributed by atoms with Crippen molar-refractivity contribution in [2.75, 3.05) is 39.8 Å². The number of carbonyl (C=O) groups excluding carboxylic acids is 1. The zero-order chi connectivity index (χ0) is 14.6. The molecule has 0 radical (unpaired) electrons. The van der Waals surface area contributed by atoms with Gasteiger partial charge in [-0.3, -0.25) is 4.79 Å². The molecule has 1 aromatic carbocycles. The summed E-state index contributed by atoms with van der Waals surface area (Å²) in [5, 5.41) is 3.15. The smallest absolute Gasteiger partial charge is 0.243 e. The summed E-state index contributed by atoms with van der Waals surface area (Å²) in [6.45, 7) is 2.62. The Hall–Kier alpha value is -1.44. The van der Waals surface area contributed by atoms with Crippen LogP contribution in [-0.2, 0) is 14.8 Å². The Morgan fingerprint density at radius 1 is 1.25 bits per heavy atom. The van der Waals surface area contributed by atoms with Crippen LogP contribution < -0.4 is 5.32 Å². The topological polar surface area (TPSA) is 69.7 Å². The van der Waals surface area contributed by atoms with Gasteiger partial charge in [0.1, 0.15) is 0 Å². The molecule has 7 heteroatoms. The zero-order valence-corrected chi connectivity index (χ0v) is 12.3. The second-order valence-electron chi connectivity index (χ2n) is 4.70. The van der Waals surface area contributed by atoms with E-state index in [1.807, 2.05) is 0 Å². The average molecular weight is 297 g/mol. The van der Waals surface area contributed by atoms with Crippen molar-refractivity contribution >= 4 is 15.9 Å². The van der Waals surface area contributed by atoms with Gasteiger partial charge in [-0.2, -0.15) is 4.31 Å². The Balaban J connectivity index is 2.04. The predicted molar refractivity (Wildman–Crippen MR) is 75.7 cm³/mol. The number of carbonyl (C=O) groups is 1. The van der Waals surface area contributed by atoms with Gasteiger partial charge in [0.2, 0.25) is 15.9 Å². The molecule has 0 atom stereocenters.